The first-order chi connectivity index (χ1) is 13.4. The van der Waals surface area contributed by atoms with E-state index in [0.717, 1.165) is 0 Å². The van der Waals surface area contributed by atoms with Crippen molar-refractivity contribution in [3.63, 3.8) is 0 Å². The molecular weight excluding hydrogens is 396 g/mol. The van der Waals surface area contributed by atoms with Gasteiger partial charge >= 0.3 is 6.29 Å². The maximum Gasteiger partial charge on any atom is 0.586 e. The first kappa shape index (κ1) is 18.1. The van der Waals surface area contributed by atoms with Gasteiger partial charge in [0.1, 0.15) is 5.69 Å². The van der Waals surface area contributed by atoms with Crippen LogP contribution in [0.25, 0.3) is 11.3 Å². The zero-order valence-electron chi connectivity index (χ0n) is 14.3. The summed E-state index contributed by atoms with van der Waals surface area (Å²) in [5.74, 6) is -0.495. The fourth-order valence-electron chi connectivity index (χ4n) is 2.66. The minimum Gasteiger partial charge on any atom is -0.395 e. The number of carbonyl (C=O) groups is 1. The number of aryl methyl sites for hydroxylation is 1. The molecule has 1 aliphatic rings. The highest BCUT2D eigenvalue weighted by Crippen LogP contribution is 2.45. The highest BCUT2D eigenvalue weighted by Gasteiger charge is 2.43. The molecule has 11 heteroatoms. The largest absolute Gasteiger partial charge is 0.586 e. The van der Waals surface area contributed by atoms with E-state index in [2.05, 4.69) is 29.9 Å². The van der Waals surface area contributed by atoms with Gasteiger partial charge in [-0.3, -0.25) is 14.5 Å². The lowest BCUT2D eigenvalue weighted by molar-refractivity contribution is -0.286. The van der Waals surface area contributed by atoms with Crippen molar-refractivity contribution in [3.8, 4) is 22.8 Å². The highest BCUT2D eigenvalue weighted by atomic mass is 35.5. The van der Waals surface area contributed by atoms with Gasteiger partial charge in [-0.25, -0.2) is 4.98 Å². The summed E-state index contributed by atoms with van der Waals surface area (Å²) in [7, 11) is 0. The van der Waals surface area contributed by atoms with Gasteiger partial charge in [-0.15, -0.1) is 8.78 Å². The lowest BCUT2D eigenvalue weighted by atomic mass is 10.1. The third kappa shape index (κ3) is 3.33. The average Bonchev–Trinajstić information content (AvgIpc) is 3.24. The molecule has 4 rings (SSSR count). The molecule has 0 spiro atoms. The fourth-order valence-corrected chi connectivity index (χ4v) is 2.91. The van der Waals surface area contributed by atoms with Crippen LogP contribution in [0.5, 0.6) is 11.5 Å². The summed E-state index contributed by atoms with van der Waals surface area (Å²) in [5.41, 5.74) is 1.02. The molecule has 0 atom stereocenters. The molecule has 0 saturated heterocycles. The molecule has 0 bridgehead atoms. The molecule has 0 aliphatic carbocycles. The molecule has 0 unspecified atom stereocenters. The van der Waals surface area contributed by atoms with E-state index in [-0.39, 0.29) is 28.2 Å². The van der Waals surface area contributed by atoms with Crippen molar-refractivity contribution in [1.82, 2.24) is 19.7 Å². The standard InChI is InChI=1S/C17H12ClF2N5O3/c1-2-25-12(3-4-23-25)16(26)24-15-8-21-11(7-22-15)9-5-13-14(6-10(9)18)28-17(19,20)27-13/h3-8H,2H2,1H3,(H,22,24,26). The molecule has 3 aromatic rings. The normalized spacial score (nSPS) is 14.1. The summed E-state index contributed by atoms with van der Waals surface area (Å²) >= 11 is 6.13. The molecule has 28 heavy (non-hydrogen) atoms. The number of nitrogens with one attached hydrogen (secondary N) is 1. The Morgan fingerprint density at radius 2 is 2.00 bits per heavy atom. The van der Waals surface area contributed by atoms with Gasteiger partial charge in [-0.05, 0) is 19.1 Å². The molecule has 1 aliphatic heterocycles. The van der Waals surface area contributed by atoms with Crippen molar-refractivity contribution in [1.29, 1.82) is 0 Å². The van der Waals surface area contributed by atoms with Gasteiger partial charge in [0, 0.05) is 24.4 Å². The van der Waals surface area contributed by atoms with Crippen LogP contribution in [0.2, 0.25) is 5.02 Å². The van der Waals surface area contributed by atoms with Gasteiger partial charge in [0.25, 0.3) is 5.91 Å². The third-order valence-electron chi connectivity index (χ3n) is 3.91. The monoisotopic (exact) mass is 407 g/mol. The summed E-state index contributed by atoms with van der Waals surface area (Å²) in [6.07, 6.45) is 0.469. The summed E-state index contributed by atoms with van der Waals surface area (Å²) in [5, 5.41) is 6.78. The van der Waals surface area contributed by atoms with E-state index in [0.29, 0.717) is 23.5 Å². The molecule has 0 radical (unpaired) electrons. The van der Waals surface area contributed by atoms with E-state index in [1.807, 2.05) is 6.92 Å². The minimum absolute atomic E-state index is 0.137. The molecule has 1 amide bonds. The number of ether oxygens (including phenoxy) is 2. The van der Waals surface area contributed by atoms with E-state index in [9.17, 15) is 13.6 Å². The Bertz CT molecular complexity index is 1060. The maximum absolute atomic E-state index is 13.2. The summed E-state index contributed by atoms with van der Waals surface area (Å²) in [4.78, 5) is 20.6. The van der Waals surface area contributed by atoms with E-state index in [1.165, 1.54) is 30.7 Å². The first-order valence-corrected chi connectivity index (χ1v) is 8.49. The van der Waals surface area contributed by atoms with Crippen molar-refractivity contribution in [2.24, 2.45) is 0 Å². The Kier molecular flexibility index (Phi) is 4.34. The Hall–Kier alpha value is -3.27. The number of anilines is 1. The molecule has 3 heterocycles. The summed E-state index contributed by atoms with van der Waals surface area (Å²) in [6, 6.07) is 4.10. The van der Waals surface area contributed by atoms with Crippen LogP contribution in [0, 0.1) is 0 Å². The van der Waals surface area contributed by atoms with Crippen LogP contribution in [-0.4, -0.2) is 32.0 Å². The van der Waals surface area contributed by atoms with Crippen molar-refractivity contribution < 1.29 is 23.0 Å². The van der Waals surface area contributed by atoms with Gasteiger partial charge in [-0.2, -0.15) is 5.10 Å². The second-order valence-electron chi connectivity index (χ2n) is 5.72. The second-order valence-corrected chi connectivity index (χ2v) is 6.13. The SMILES string of the molecule is CCn1nccc1C(=O)Nc1cnc(-c2cc3c(cc2Cl)OC(F)(F)O3)cn1. The van der Waals surface area contributed by atoms with Crippen LogP contribution in [0.1, 0.15) is 17.4 Å². The quantitative estimate of drug-likeness (QED) is 0.710. The van der Waals surface area contributed by atoms with Crippen molar-refractivity contribution >= 4 is 23.3 Å². The molecule has 8 nitrogen and oxygen atoms in total. The molecule has 0 fully saturated rings. The van der Waals surface area contributed by atoms with Crippen LogP contribution in [0.4, 0.5) is 14.6 Å². The van der Waals surface area contributed by atoms with E-state index < -0.39 is 6.29 Å². The smallest absolute Gasteiger partial charge is 0.395 e. The number of nitrogens with zero attached hydrogens (tertiary/aromatic N) is 4. The van der Waals surface area contributed by atoms with Crippen LogP contribution in [-0.2, 0) is 6.54 Å². The van der Waals surface area contributed by atoms with Crippen LogP contribution >= 0.6 is 11.6 Å². The molecule has 2 aromatic heterocycles. The van der Waals surface area contributed by atoms with E-state index in [4.69, 9.17) is 11.6 Å². The van der Waals surface area contributed by atoms with Crippen molar-refractivity contribution in [2.45, 2.75) is 19.8 Å². The second kappa shape index (κ2) is 6.71. The maximum atomic E-state index is 13.2. The number of aromatic nitrogens is 4. The van der Waals surface area contributed by atoms with Gasteiger partial charge in [-0.1, -0.05) is 11.6 Å². The van der Waals surface area contributed by atoms with Gasteiger partial charge in [0.15, 0.2) is 17.3 Å². The Morgan fingerprint density at radius 1 is 1.25 bits per heavy atom. The van der Waals surface area contributed by atoms with Crippen LogP contribution in [0.3, 0.4) is 0 Å². The Balaban J connectivity index is 1.55. The molecule has 1 N–H and O–H groups in total. The predicted octanol–water partition coefficient (Wildman–Crippen LogP) is 3.59. The topological polar surface area (TPSA) is 91.2 Å². The van der Waals surface area contributed by atoms with Crippen molar-refractivity contribution in [2.75, 3.05) is 5.32 Å². The predicted molar refractivity (Wildman–Crippen MR) is 94.5 cm³/mol. The molecule has 0 saturated carbocycles. The number of benzene rings is 1. The van der Waals surface area contributed by atoms with E-state index >= 15 is 0 Å². The van der Waals surface area contributed by atoms with Gasteiger partial charge in [0.05, 0.1) is 23.1 Å². The number of fused-ring (bicyclic) bond motifs is 1. The number of carbonyl (C=O) groups excluding carboxylic acids is 1. The van der Waals surface area contributed by atoms with Gasteiger partial charge < -0.3 is 14.8 Å². The molecule has 144 valence electrons. The van der Waals surface area contributed by atoms with E-state index in [1.54, 1.807) is 10.7 Å². The average molecular weight is 408 g/mol. The number of amides is 1. The number of hydrogen-bond acceptors (Lipinski definition) is 6. The molecular formula is C17H12ClF2N5O3. The number of rotatable bonds is 4. The fraction of sp³-hybridized carbons (Fsp3) is 0.176. The number of alkyl halides is 2. The molecule has 1 aromatic carbocycles. The van der Waals surface area contributed by atoms with Crippen LogP contribution in [0.15, 0.2) is 36.8 Å². The number of hydrogen-bond donors (Lipinski definition) is 1. The number of halogens is 3. The summed E-state index contributed by atoms with van der Waals surface area (Å²) < 4.78 is 36.7. The lowest BCUT2D eigenvalue weighted by Crippen LogP contribution is -2.25. The minimum atomic E-state index is -3.74. The zero-order valence-corrected chi connectivity index (χ0v) is 15.1. The first-order valence-electron chi connectivity index (χ1n) is 8.11. The lowest BCUT2D eigenvalue weighted by Gasteiger charge is -2.08. The van der Waals surface area contributed by atoms with Gasteiger partial charge in [0.2, 0.25) is 0 Å². The Morgan fingerprint density at radius 3 is 2.68 bits per heavy atom. The van der Waals surface area contributed by atoms with Crippen molar-refractivity contribution in [3.05, 3.63) is 47.5 Å². The van der Waals surface area contributed by atoms with Crippen LogP contribution < -0.4 is 14.8 Å². The highest BCUT2D eigenvalue weighted by molar-refractivity contribution is 6.33. The zero-order chi connectivity index (χ0) is 19.9. The summed E-state index contributed by atoms with van der Waals surface area (Å²) in [6.45, 7) is 2.41. The third-order valence-corrected chi connectivity index (χ3v) is 4.22. The Labute approximate surface area is 162 Å².